The Balaban J connectivity index is 1.57. The fourth-order valence-electron chi connectivity index (χ4n) is 2.58. The third-order valence-electron chi connectivity index (χ3n) is 4.23. The number of benzene rings is 1. The summed E-state index contributed by atoms with van der Waals surface area (Å²) >= 11 is 1.17. The third kappa shape index (κ3) is 5.75. The van der Waals surface area contributed by atoms with Gasteiger partial charge in [-0.1, -0.05) is 24.3 Å². The molecule has 0 saturated heterocycles. The minimum atomic E-state index is -0.903. The summed E-state index contributed by atoms with van der Waals surface area (Å²) < 4.78 is 6.36. The van der Waals surface area contributed by atoms with E-state index in [1.807, 2.05) is 25.1 Å². The SMILES string of the molecule is CC(C(=N)/C=C\Nc1ccc(OCC(C)(C)O)cn1)c1ccc2[nH]c(=O)sc2c1. The van der Waals surface area contributed by atoms with Crippen molar-refractivity contribution in [2.75, 3.05) is 11.9 Å². The van der Waals surface area contributed by atoms with Crippen LogP contribution >= 0.6 is 11.3 Å². The smallest absolute Gasteiger partial charge is 0.305 e. The lowest BCUT2D eigenvalue weighted by atomic mass is 9.96. The number of thiazole rings is 1. The van der Waals surface area contributed by atoms with Crippen LogP contribution in [-0.2, 0) is 0 Å². The van der Waals surface area contributed by atoms with Gasteiger partial charge in [0.05, 0.1) is 22.0 Å². The molecule has 0 aliphatic heterocycles. The van der Waals surface area contributed by atoms with Crippen LogP contribution < -0.4 is 14.9 Å². The molecular formula is C21H24N4O3S. The van der Waals surface area contributed by atoms with Crippen molar-refractivity contribution in [2.24, 2.45) is 0 Å². The molecule has 1 atom stereocenters. The van der Waals surface area contributed by atoms with Gasteiger partial charge in [-0.15, -0.1) is 0 Å². The zero-order chi connectivity index (χ0) is 21.0. The number of anilines is 1. The van der Waals surface area contributed by atoms with Crippen LogP contribution in [-0.4, -0.2) is 33.0 Å². The molecule has 29 heavy (non-hydrogen) atoms. The van der Waals surface area contributed by atoms with Gasteiger partial charge in [-0.3, -0.25) is 4.79 Å². The Bertz CT molecular complexity index is 1080. The molecule has 8 heteroatoms. The Morgan fingerprint density at radius 2 is 2.21 bits per heavy atom. The third-order valence-corrected chi connectivity index (χ3v) is 5.08. The number of aromatic amines is 1. The van der Waals surface area contributed by atoms with Gasteiger partial charge in [0.25, 0.3) is 0 Å². The molecule has 0 fully saturated rings. The molecule has 0 saturated carbocycles. The largest absolute Gasteiger partial charge is 0.489 e. The predicted octanol–water partition coefficient (Wildman–Crippen LogP) is 3.88. The van der Waals surface area contributed by atoms with Gasteiger partial charge in [-0.25, -0.2) is 4.98 Å². The van der Waals surface area contributed by atoms with Crippen molar-refractivity contribution in [1.29, 1.82) is 5.41 Å². The Morgan fingerprint density at radius 3 is 2.90 bits per heavy atom. The van der Waals surface area contributed by atoms with Crippen LogP contribution in [0.1, 0.15) is 32.3 Å². The monoisotopic (exact) mass is 412 g/mol. The van der Waals surface area contributed by atoms with Crippen LogP contribution in [0.5, 0.6) is 5.75 Å². The van der Waals surface area contributed by atoms with Crippen LogP contribution in [0.4, 0.5) is 5.82 Å². The van der Waals surface area contributed by atoms with Gasteiger partial charge in [0.1, 0.15) is 18.2 Å². The number of pyridine rings is 1. The number of nitrogens with zero attached hydrogens (tertiary/aromatic N) is 1. The standard InChI is InChI=1S/C21H24N4O3S/c1-13(14-4-6-17-18(10-14)29-20(26)25-17)16(22)8-9-23-19-7-5-15(11-24-19)28-12-21(2,3)27/h4-11,13,22,27H,12H2,1-3H3,(H,23,24)(H,25,26)/b9-8-,22-16?. The summed E-state index contributed by atoms with van der Waals surface area (Å²) in [6.45, 7) is 5.49. The lowest BCUT2D eigenvalue weighted by Crippen LogP contribution is -2.27. The van der Waals surface area contributed by atoms with Crippen molar-refractivity contribution in [3.8, 4) is 5.75 Å². The average molecular weight is 413 g/mol. The Labute approximate surface area is 172 Å². The van der Waals surface area contributed by atoms with Gasteiger partial charge in [-0.05, 0) is 49.8 Å². The van der Waals surface area contributed by atoms with Crippen molar-refractivity contribution in [3.63, 3.8) is 0 Å². The topological polar surface area (TPSA) is 111 Å². The van der Waals surface area contributed by atoms with Crippen molar-refractivity contribution in [3.05, 3.63) is 64.0 Å². The Hall–Kier alpha value is -2.97. The molecule has 0 aliphatic carbocycles. The van der Waals surface area contributed by atoms with E-state index in [1.165, 1.54) is 11.3 Å². The lowest BCUT2D eigenvalue weighted by Gasteiger charge is -2.17. The van der Waals surface area contributed by atoms with Crippen LogP contribution in [0, 0.1) is 5.41 Å². The van der Waals surface area contributed by atoms with Crippen molar-refractivity contribution < 1.29 is 9.84 Å². The van der Waals surface area contributed by atoms with Crippen LogP contribution in [0.15, 0.2) is 53.6 Å². The van der Waals surface area contributed by atoms with Crippen LogP contribution in [0.25, 0.3) is 10.2 Å². The first-order chi connectivity index (χ1) is 13.7. The molecule has 0 aliphatic rings. The Kier molecular flexibility index (Phi) is 6.14. The zero-order valence-corrected chi connectivity index (χ0v) is 17.3. The van der Waals surface area contributed by atoms with Crippen molar-refractivity contribution in [2.45, 2.75) is 32.3 Å². The summed E-state index contributed by atoms with van der Waals surface area (Å²) in [4.78, 5) is 18.4. The maximum Gasteiger partial charge on any atom is 0.305 e. The highest BCUT2D eigenvalue weighted by Crippen LogP contribution is 2.23. The summed E-state index contributed by atoms with van der Waals surface area (Å²) in [5.74, 6) is 1.08. The number of nitrogens with one attached hydrogen (secondary N) is 3. The van der Waals surface area contributed by atoms with Gasteiger partial charge in [0.2, 0.25) is 0 Å². The van der Waals surface area contributed by atoms with Crippen molar-refractivity contribution >= 4 is 33.1 Å². The summed E-state index contributed by atoms with van der Waals surface area (Å²) in [6.07, 6.45) is 4.94. The molecule has 4 N–H and O–H groups in total. The first-order valence-electron chi connectivity index (χ1n) is 9.17. The number of hydrogen-bond donors (Lipinski definition) is 4. The van der Waals surface area contributed by atoms with E-state index in [4.69, 9.17) is 10.1 Å². The summed E-state index contributed by atoms with van der Waals surface area (Å²) in [5, 5.41) is 21.0. The fourth-order valence-corrected chi connectivity index (χ4v) is 3.37. The summed E-state index contributed by atoms with van der Waals surface area (Å²) in [5.41, 5.74) is 1.33. The van der Waals surface area contributed by atoms with Gasteiger partial charge in [0.15, 0.2) is 0 Å². The van der Waals surface area contributed by atoms with E-state index in [1.54, 1.807) is 44.5 Å². The molecule has 2 aromatic heterocycles. The maximum atomic E-state index is 11.5. The molecule has 1 unspecified atom stereocenters. The second-order valence-corrected chi connectivity index (χ2v) is 8.42. The molecule has 7 nitrogen and oxygen atoms in total. The first-order valence-corrected chi connectivity index (χ1v) is 9.98. The van der Waals surface area contributed by atoms with E-state index in [0.29, 0.717) is 17.3 Å². The molecule has 1 aromatic carbocycles. The molecular weight excluding hydrogens is 388 g/mol. The van der Waals surface area contributed by atoms with Crippen LogP contribution in [0.2, 0.25) is 0 Å². The van der Waals surface area contributed by atoms with E-state index < -0.39 is 5.60 Å². The molecule has 2 heterocycles. The second kappa shape index (κ2) is 8.59. The number of allylic oxidation sites excluding steroid dienone is 1. The van der Waals surface area contributed by atoms with E-state index >= 15 is 0 Å². The summed E-state index contributed by atoms with van der Waals surface area (Å²) in [6, 6.07) is 9.28. The zero-order valence-electron chi connectivity index (χ0n) is 16.5. The number of hydrogen-bond acceptors (Lipinski definition) is 7. The summed E-state index contributed by atoms with van der Waals surface area (Å²) in [7, 11) is 0. The maximum absolute atomic E-state index is 11.5. The molecule has 0 spiro atoms. The number of rotatable bonds is 8. The lowest BCUT2D eigenvalue weighted by molar-refractivity contribution is 0.0284. The Morgan fingerprint density at radius 1 is 1.41 bits per heavy atom. The molecule has 3 aromatic rings. The van der Waals surface area contributed by atoms with Crippen molar-refractivity contribution in [1.82, 2.24) is 9.97 Å². The average Bonchev–Trinajstić information content (AvgIpc) is 3.05. The van der Waals surface area contributed by atoms with E-state index in [-0.39, 0.29) is 17.4 Å². The molecule has 0 radical (unpaired) electrons. The highest BCUT2D eigenvalue weighted by molar-refractivity contribution is 7.16. The van der Waals surface area contributed by atoms with Crippen LogP contribution in [0.3, 0.4) is 0 Å². The van der Waals surface area contributed by atoms with E-state index in [0.717, 1.165) is 15.8 Å². The van der Waals surface area contributed by atoms with E-state index in [2.05, 4.69) is 15.3 Å². The van der Waals surface area contributed by atoms with Gasteiger partial charge in [-0.2, -0.15) is 0 Å². The normalized spacial score (nSPS) is 13.0. The number of ether oxygens (including phenoxy) is 1. The van der Waals surface area contributed by atoms with Gasteiger partial charge >= 0.3 is 4.87 Å². The fraction of sp³-hybridized carbons (Fsp3) is 0.286. The molecule has 152 valence electrons. The quantitative estimate of drug-likeness (QED) is 0.420. The number of aromatic nitrogens is 2. The first kappa shape index (κ1) is 20.8. The highest BCUT2D eigenvalue weighted by atomic mass is 32.1. The number of fused-ring (bicyclic) bond motifs is 1. The molecule has 3 rings (SSSR count). The number of aliphatic hydroxyl groups is 1. The minimum absolute atomic E-state index is 0.0760. The molecule has 0 bridgehead atoms. The predicted molar refractivity (Wildman–Crippen MR) is 117 cm³/mol. The minimum Gasteiger partial charge on any atom is -0.489 e. The second-order valence-electron chi connectivity index (χ2n) is 7.41. The molecule has 0 amide bonds. The van der Waals surface area contributed by atoms with E-state index in [9.17, 15) is 9.90 Å². The van der Waals surface area contributed by atoms with Gasteiger partial charge < -0.3 is 25.6 Å². The van der Waals surface area contributed by atoms with Gasteiger partial charge in [0, 0.05) is 17.8 Å². The number of H-pyrrole nitrogens is 1. The highest BCUT2D eigenvalue weighted by Gasteiger charge is 2.13.